The third-order valence-electron chi connectivity index (χ3n) is 6.04. The van der Waals surface area contributed by atoms with Crippen molar-refractivity contribution in [3.8, 4) is 0 Å². The number of nitrogens with zero attached hydrogens (tertiary/aromatic N) is 2. The molecule has 2 heterocycles. The zero-order valence-electron chi connectivity index (χ0n) is 19.7. The molecule has 0 spiro atoms. The smallest absolute Gasteiger partial charge is 0.339 e. The lowest BCUT2D eigenvalue weighted by molar-refractivity contribution is -0.120. The van der Waals surface area contributed by atoms with Crippen molar-refractivity contribution >= 4 is 23.4 Å². The zero-order valence-corrected chi connectivity index (χ0v) is 19.7. The van der Waals surface area contributed by atoms with Crippen LogP contribution in [0.15, 0.2) is 64.2 Å². The molecule has 0 aliphatic carbocycles. The molecule has 1 aliphatic rings. The molecule has 0 bridgehead atoms. The number of fused-ring (bicyclic) bond motifs is 1. The topological polar surface area (TPSA) is 127 Å². The predicted octanol–water partition coefficient (Wildman–Crippen LogP) is 2.85. The first-order valence-electron chi connectivity index (χ1n) is 11.5. The van der Waals surface area contributed by atoms with E-state index in [-0.39, 0.29) is 36.9 Å². The van der Waals surface area contributed by atoms with Crippen LogP contribution in [0.25, 0.3) is 0 Å². The maximum absolute atomic E-state index is 13.5. The summed E-state index contributed by atoms with van der Waals surface area (Å²) < 4.78 is 6.68. The third-order valence-corrected chi connectivity index (χ3v) is 6.04. The first-order chi connectivity index (χ1) is 16.8. The van der Waals surface area contributed by atoms with E-state index in [1.54, 1.807) is 24.3 Å². The number of hydrogen-bond donors (Lipinski definition) is 2. The van der Waals surface area contributed by atoms with Gasteiger partial charge in [-0.3, -0.25) is 19.1 Å². The van der Waals surface area contributed by atoms with E-state index in [4.69, 9.17) is 10.5 Å². The second-order valence-electron chi connectivity index (χ2n) is 8.98. The van der Waals surface area contributed by atoms with E-state index in [1.807, 2.05) is 44.2 Å². The first kappa shape index (κ1) is 24.0. The lowest BCUT2D eigenvalue weighted by atomic mass is 10.0. The van der Waals surface area contributed by atoms with Crippen LogP contribution in [0.4, 0.5) is 11.5 Å². The SMILES string of the molecule is CC(C)CCN(C(=O)C[C@@H]1OC(=O)c2ccccc21)c1c(N)n(Cc2ccccc2)c(=O)[nH]c1=O. The third kappa shape index (κ3) is 5.03. The fraction of sp³-hybridized carbons (Fsp3) is 0.308. The Morgan fingerprint density at radius 1 is 1.09 bits per heavy atom. The zero-order chi connectivity index (χ0) is 25.1. The van der Waals surface area contributed by atoms with Gasteiger partial charge in [-0.1, -0.05) is 62.4 Å². The standard InChI is InChI=1S/C26H28N4O5/c1-16(2)12-13-29(21(31)14-20-18-10-6-7-11-19(18)25(33)35-20)22-23(27)30(26(34)28-24(22)32)15-17-8-4-3-5-9-17/h3-11,16,20H,12-15,27H2,1-2H3,(H,28,32,34)/t20-/m0/s1. The number of esters is 1. The summed E-state index contributed by atoms with van der Waals surface area (Å²) in [4.78, 5) is 54.9. The van der Waals surface area contributed by atoms with Crippen molar-refractivity contribution in [3.63, 3.8) is 0 Å². The summed E-state index contributed by atoms with van der Waals surface area (Å²) >= 11 is 0. The number of anilines is 2. The Kier molecular flexibility index (Phi) is 6.86. The summed E-state index contributed by atoms with van der Waals surface area (Å²) in [5.74, 6) is -0.766. The van der Waals surface area contributed by atoms with E-state index in [2.05, 4.69) is 4.98 Å². The Morgan fingerprint density at radius 2 is 1.77 bits per heavy atom. The summed E-state index contributed by atoms with van der Waals surface area (Å²) in [6.07, 6.45) is -0.315. The van der Waals surface area contributed by atoms with Gasteiger partial charge in [-0.25, -0.2) is 9.59 Å². The molecule has 9 heteroatoms. The lowest BCUT2D eigenvalue weighted by Crippen LogP contribution is -2.42. The number of carbonyl (C=O) groups excluding carboxylic acids is 2. The molecular formula is C26H28N4O5. The van der Waals surface area contributed by atoms with Gasteiger partial charge in [-0.05, 0) is 24.0 Å². The van der Waals surface area contributed by atoms with E-state index in [1.165, 1.54) is 9.47 Å². The van der Waals surface area contributed by atoms with E-state index in [0.717, 1.165) is 5.56 Å². The Morgan fingerprint density at radius 3 is 2.49 bits per heavy atom. The molecule has 182 valence electrons. The largest absolute Gasteiger partial charge is 0.453 e. The number of cyclic esters (lactones) is 1. The van der Waals surface area contributed by atoms with Crippen molar-refractivity contribution in [1.29, 1.82) is 0 Å². The van der Waals surface area contributed by atoms with Crippen LogP contribution in [0.3, 0.4) is 0 Å². The average molecular weight is 477 g/mol. The van der Waals surface area contributed by atoms with Crippen LogP contribution in [0, 0.1) is 5.92 Å². The number of carbonyl (C=O) groups is 2. The van der Waals surface area contributed by atoms with Crippen LogP contribution < -0.4 is 21.9 Å². The molecule has 3 N–H and O–H groups in total. The van der Waals surface area contributed by atoms with Crippen LogP contribution in [0.5, 0.6) is 0 Å². The van der Waals surface area contributed by atoms with E-state index >= 15 is 0 Å². The van der Waals surface area contributed by atoms with Crippen LogP contribution in [0.1, 0.15) is 54.3 Å². The van der Waals surface area contributed by atoms with Crippen molar-refractivity contribution in [2.24, 2.45) is 5.92 Å². The summed E-state index contributed by atoms with van der Waals surface area (Å²) in [5.41, 5.74) is 6.74. The number of nitrogens with two attached hydrogens (primary N) is 1. The number of nitrogen functional groups attached to an aromatic ring is 1. The molecule has 1 atom stereocenters. The lowest BCUT2D eigenvalue weighted by Gasteiger charge is -2.26. The van der Waals surface area contributed by atoms with Crippen molar-refractivity contribution in [2.75, 3.05) is 17.2 Å². The molecule has 0 radical (unpaired) electrons. The summed E-state index contributed by atoms with van der Waals surface area (Å²) in [6.45, 7) is 4.36. The van der Waals surface area contributed by atoms with Gasteiger partial charge in [0.15, 0.2) is 5.69 Å². The number of aromatic nitrogens is 2. The molecule has 0 saturated heterocycles. The number of ether oxygens (including phenoxy) is 1. The van der Waals surface area contributed by atoms with Gasteiger partial charge < -0.3 is 15.4 Å². The van der Waals surface area contributed by atoms with Gasteiger partial charge in [0, 0.05) is 12.1 Å². The molecule has 9 nitrogen and oxygen atoms in total. The molecule has 3 aromatic rings. The van der Waals surface area contributed by atoms with Crippen LogP contribution in [-0.4, -0.2) is 28.0 Å². The molecule has 0 fully saturated rings. The monoisotopic (exact) mass is 476 g/mol. The van der Waals surface area contributed by atoms with Gasteiger partial charge in [0.2, 0.25) is 5.91 Å². The normalized spacial score (nSPS) is 14.6. The van der Waals surface area contributed by atoms with Crippen molar-refractivity contribution in [2.45, 2.75) is 39.3 Å². The maximum Gasteiger partial charge on any atom is 0.339 e. The summed E-state index contributed by atoms with van der Waals surface area (Å²) in [6, 6.07) is 16.1. The number of nitrogens with one attached hydrogen (secondary N) is 1. The van der Waals surface area contributed by atoms with Crippen LogP contribution >= 0.6 is 0 Å². The average Bonchev–Trinajstić information content (AvgIpc) is 3.14. The molecule has 4 rings (SSSR count). The highest BCUT2D eigenvalue weighted by Gasteiger charge is 2.34. The Labute approximate surface area is 202 Å². The minimum Gasteiger partial charge on any atom is -0.453 e. The number of hydrogen-bond acceptors (Lipinski definition) is 6. The van der Waals surface area contributed by atoms with E-state index in [0.29, 0.717) is 17.5 Å². The molecular weight excluding hydrogens is 448 g/mol. The molecule has 2 aromatic carbocycles. The highest BCUT2D eigenvalue weighted by molar-refractivity contribution is 5.98. The van der Waals surface area contributed by atoms with Gasteiger partial charge in [0.25, 0.3) is 5.56 Å². The highest BCUT2D eigenvalue weighted by atomic mass is 16.5. The summed E-state index contributed by atoms with van der Waals surface area (Å²) in [5, 5.41) is 0. The van der Waals surface area contributed by atoms with E-state index in [9.17, 15) is 19.2 Å². The Bertz CT molecular complexity index is 1360. The number of benzene rings is 2. The van der Waals surface area contributed by atoms with Gasteiger partial charge in [0.1, 0.15) is 11.9 Å². The maximum atomic E-state index is 13.5. The minimum atomic E-state index is -0.761. The van der Waals surface area contributed by atoms with Gasteiger partial charge in [-0.15, -0.1) is 0 Å². The molecule has 1 amide bonds. The quantitative estimate of drug-likeness (QED) is 0.481. The van der Waals surface area contributed by atoms with Crippen LogP contribution in [-0.2, 0) is 16.1 Å². The van der Waals surface area contributed by atoms with Crippen LogP contribution in [0.2, 0.25) is 0 Å². The van der Waals surface area contributed by atoms with Crippen molar-refractivity contribution in [1.82, 2.24) is 9.55 Å². The second-order valence-corrected chi connectivity index (χ2v) is 8.98. The van der Waals surface area contributed by atoms with Crippen molar-refractivity contribution < 1.29 is 14.3 Å². The van der Waals surface area contributed by atoms with Gasteiger partial charge >= 0.3 is 11.7 Å². The molecule has 1 aromatic heterocycles. The number of amides is 1. The summed E-state index contributed by atoms with van der Waals surface area (Å²) in [7, 11) is 0. The second kappa shape index (κ2) is 10.0. The van der Waals surface area contributed by atoms with Gasteiger partial charge in [0.05, 0.1) is 18.5 Å². The first-order valence-corrected chi connectivity index (χ1v) is 11.5. The molecule has 35 heavy (non-hydrogen) atoms. The number of rotatable bonds is 8. The number of aromatic amines is 1. The fourth-order valence-corrected chi connectivity index (χ4v) is 4.15. The predicted molar refractivity (Wildman–Crippen MR) is 132 cm³/mol. The molecule has 1 aliphatic heterocycles. The van der Waals surface area contributed by atoms with Crippen molar-refractivity contribution in [3.05, 3.63) is 92.1 Å². The molecule has 0 unspecified atom stereocenters. The minimum absolute atomic E-state index is 0.0798. The Hall–Kier alpha value is -4.14. The molecule has 0 saturated carbocycles. The van der Waals surface area contributed by atoms with Gasteiger partial charge in [-0.2, -0.15) is 0 Å². The van der Waals surface area contributed by atoms with E-state index < -0.39 is 29.2 Å². The Balaban J connectivity index is 1.70. The highest BCUT2D eigenvalue weighted by Crippen LogP contribution is 2.34. The number of H-pyrrole nitrogens is 1. The fourth-order valence-electron chi connectivity index (χ4n) is 4.15.